The predicted molar refractivity (Wildman–Crippen MR) is 114 cm³/mol. The summed E-state index contributed by atoms with van der Waals surface area (Å²) in [5.41, 5.74) is 2.11. The Morgan fingerprint density at radius 1 is 1.03 bits per heavy atom. The standard InChI is InChI=1S/C23H26N2O4S/c1-16(17-8-4-2-5-9-17)25-15-20(14-22(25)26)23(27)24-30(28,29)21-12-19(13-21)18-10-6-3-7-11-18/h2-11,16,19-21H,12-15H2,1H3,(H,24,27). The number of benzene rings is 2. The summed E-state index contributed by atoms with van der Waals surface area (Å²) in [5.74, 6) is -1.15. The van der Waals surface area contributed by atoms with Gasteiger partial charge in [0.2, 0.25) is 21.8 Å². The SMILES string of the molecule is CC(c1ccccc1)N1CC(C(=O)NS(=O)(=O)C2CC(c3ccccc3)C2)CC1=O. The predicted octanol–water partition coefficient (Wildman–Crippen LogP) is 2.99. The largest absolute Gasteiger partial charge is 0.335 e. The molecule has 6 nitrogen and oxygen atoms in total. The number of nitrogens with zero attached hydrogens (tertiary/aromatic N) is 1. The second-order valence-electron chi connectivity index (χ2n) is 8.25. The van der Waals surface area contributed by atoms with Crippen molar-refractivity contribution in [2.75, 3.05) is 6.54 Å². The van der Waals surface area contributed by atoms with Crippen molar-refractivity contribution in [3.05, 3.63) is 71.8 Å². The highest BCUT2D eigenvalue weighted by Crippen LogP contribution is 2.40. The normalized spacial score (nSPS) is 24.9. The lowest BCUT2D eigenvalue weighted by atomic mass is 9.79. The van der Waals surface area contributed by atoms with Gasteiger partial charge in [-0.25, -0.2) is 8.42 Å². The number of sulfonamides is 1. The summed E-state index contributed by atoms with van der Waals surface area (Å²) in [6, 6.07) is 19.3. The minimum absolute atomic E-state index is 0.0375. The minimum Gasteiger partial charge on any atom is -0.335 e. The van der Waals surface area contributed by atoms with E-state index in [4.69, 9.17) is 0 Å². The molecule has 2 unspecified atom stereocenters. The van der Waals surface area contributed by atoms with Crippen LogP contribution in [-0.4, -0.2) is 36.9 Å². The van der Waals surface area contributed by atoms with Gasteiger partial charge in [0.15, 0.2) is 0 Å². The molecule has 1 saturated carbocycles. The Bertz CT molecular complexity index is 1020. The molecule has 1 N–H and O–H groups in total. The Hall–Kier alpha value is -2.67. The maximum absolute atomic E-state index is 12.6. The quantitative estimate of drug-likeness (QED) is 0.770. The molecule has 158 valence electrons. The first kappa shape index (κ1) is 20.6. The van der Waals surface area contributed by atoms with Crippen molar-refractivity contribution in [1.82, 2.24) is 9.62 Å². The molecule has 1 heterocycles. The highest BCUT2D eigenvalue weighted by Gasteiger charge is 2.43. The fraction of sp³-hybridized carbons (Fsp3) is 0.391. The van der Waals surface area contributed by atoms with Gasteiger partial charge < -0.3 is 4.90 Å². The lowest BCUT2D eigenvalue weighted by Crippen LogP contribution is -2.46. The Kier molecular flexibility index (Phi) is 5.64. The van der Waals surface area contributed by atoms with Gasteiger partial charge in [-0.15, -0.1) is 0 Å². The van der Waals surface area contributed by atoms with Gasteiger partial charge in [-0.2, -0.15) is 0 Å². The van der Waals surface area contributed by atoms with Crippen LogP contribution in [-0.2, 0) is 19.6 Å². The summed E-state index contributed by atoms with van der Waals surface area (Å²) in [6.45, 7) is 2.15. The van der Waals surface area contributed by atoms with Crippen molar-refractivity contribution in [2.24, 2.45) is 5.92 Å². The number of amides is 2. The second-order valence-corrected chi connectivity index (χ2v) is 10.2. The number of rotatable bonds is 6. The molecule has 7 heteroatoms. The molecule has 2 aromatic carbocycles. The zero-order chi connectivity index (χ0) is 21.3. The fourth-order valence-corrected chi connectivity index (χ4v) is 5.90. The van der Waals surface area contributed by atoms with Crippen LogP contribution < -0.4 is 4.72 Å². The van der Waals surface area contributed by atoms with Crippen LogP contribution >= 0.6 is 0 Å². The van der Waals surface area contributed by atoms with Gasteiger partial charge in [-0.05, 0) is 36.8 Å². The van der Waals surface area contributed by atoms with Crippen molar-refractivity contribution < 1.29 is 18.0 Å². The third-order valence-corrected chi connectivity index (χ3v) is 8.07. The van der Waals surface area contributed by atoms with Crippen LogP contribution in [0.15, 0.2) is 60.7 Å². The summed E-state index contributed by atoms with van der Waals surface area (Å²) in [5, 5.41) is -0.567. The first-order chi connectivity index (χ1) is 14.3. The number of carbonyl (C=O) groups is 2. The van der Waals surface area contributed by atoms with E-state index in [0.717, 1.165) is 11.1 Å². The lowest BCUT2D eigenvalue weighted by Gasteiger charge is -2.35. The average Bonchev–Trinajstić information content (AvgIpc) is 3.09. The van der Waals surface area contributed by atoms with Crippen LogP contribution in [0.4, 0.5) is 0 Å². The molecule has 2 aromatic rings. The molecule has 1 aliphatic carbocycles. The van der Waals surface area contributed by atoms with Gasteiger partial charge in [-0.1, -0.05) is 60.7 Å². The molecule has 0 spiro atoms. The van der Waals surface area contributed by atoms with E-state index in [0.29, 0.717) is 12.8 Å². The molecule has 1 saturated heterocycles. The van der Waals surface area contributed by atoms with Gasteiger partial charge >= 0.3 is 0 Å². The van der Waals surface area contributed by atoms with Gasteiger partial charge in [-0.3, -0.25) is 14.3 Å². The zero-order valence-electron chi connectivity index (χ0n) is 16.9. The first-order valence-corrected chi connectivity index (χ1v) is 11.8. The first-order valence-electron chi connectivity index (χ1n) is 10.3. The van der Waals surface area contributed by atoms with Crippen LogP contribution in [0.25, 0.3) is 0 Å². The summed E-state index contributed by atoms with van der Waals surface area (Å²) >= 11 is 0. The van der Waals surface area contributed by atoms with E-state index >= 15 is 0 Å². The van der Waals surface area contributed by atoms with E-state index in [2.05, 4.69) is 4.72 Å². The van der Waals surface area contributed by atoms with Gasteiger partial charge in [0.05, 0.1) is 17.2 Å². The zero-order valence-corrected chi connectivity index (χ0v) is 17.7. The van der Waals surface area contributed by atoms with Crippen molar-refractivity contribution in [2.45, 2.75) is 43.4 Å². The topological polar surface area (TPSA) is 83.6 Å². The van der Waals surface area contributed by atoms with E-state index in [-0.39, 0.29) is 30.8 Å². The van der Waals surface area contributed by atoms with E-state index in [1.54, 1.807) is 4.90 Å². The Labute approximate surface area is 177 Å². The summed E-state index contributed by atoms with van der Waals surface area (Å²) in [7, 11) is -3.74. The maximum Gasteiger partial charge on any atom is 0.238 e. The molecule has 2 fully saturated rings. The summed E-state index contributed by atoms with van der Waals surface area (Å²) in [4.78, 5) is 26.8. The van der Waals surface area contributed by atoms with Crippen LogP contribution in [0, 0.1) is 5.92 Å². The Balaban J connectivity index is 1.34. The third-order valence-electron chi connectivity index (χ3n) is 6.33. The van der Waals surface area contributed by atoms with E-state index in [1.807, 2.05) is 67.6 Å². The number of hydrogen-bond donors (Lipinski definition) is 1. The average molecular weight is 427 g/mol. The van der Waals surface area contributed by atoms with Gasteiger partial charge in [0, 0.05) is 13.0 Å². The van der Waals surface area contributed by atoms with Crippen LogP contribution in [0.3, 0.4) is 0 Å². The number of likely N-dealkylation sites (tertiary alicyclic amines) is 1. The van der Waals surface area contributed by atoms with E-state index < -0.39 is 27.1 Å². The number of carbonyl (C=O) groups excluding carboxylic acids is 2. The second kappa shape index (κ2) is 8.22. The van der Waals surface area contributed by atoms with Crippen molar-refractivity contribution in [1.29, 1.82) is 0 Å². The highest BCUT2D eigenvalue weighted by molar-refractivity contribution is 7.90. The molecule has 0 aromatic heterocycles. The van der Waals surface area contributed by atoms with Crippen LogP contribution in [0.2, 0.25) is 0 Å². The van der Waals surface area contributed by atoms with E-state index in [1.165, 1.54) is 0 Å². The van der Waals surface area contributed by atoms with Crippen LogP contribution in [0.1, 0.15) is 49.3 Å². The molecule has 4 rings (SSSR count). The third kappa shape index (κ3) is 4.12. The van der Waals surface area contributed by atoms with Crippen molar-refractivity contribution in [3.8, 4) is 0 Å². The Morgan fingerprint density at radius 2 is 1.63 bits per heavy atom. The minimum atomic E-state index is -3.74. The maximum atomic E-state index is 12.6. The van der Waals surface area contributed by atoms with Crippen molar-refractivity contribution in [3.63, 3.8) is 0 Å². The molecule has 30 heavy (non-hydrogen) atoms. The molecular weight excluding hydrogens is 400 g/mol. The highest BCUT2D eigenvalue weighted by atomic mass is 32.2. The molecule has 2 atom stereocenters. The summed E-state index contributed by atoms with van der Waals surface area (Å²) in [6.07, 6.45) is 1.05. The summed E-state index contributed by atoms with van der Waals surface area (Å²) < 4.78 is 27.5. The van der Waals surface area contributed by atoms with Crippen LogP contribution in [0.5, 0.6) is 0 Å². The van der Waals surface area contributed by atoms with E-state index in [9.17, 15) is 18.0 Å². The number of nitrogens with one attached hydrogen (secondary N) is 1. The molecule has 0 bridgehead atoms. The smallest absolute Gasteiger partial charge is 0.238 e. The lowest BCUT2D eigenvalue weighted by molar-refractivity contribution is -0.130. The number of hydrogen-bond acceptors (Lipinski definition) is 4. The monoisotopic (exact) mass is 426 g/mol. The van der Waals surface area contributed by atoms with Gasteiger partial charge in [0.1, 0.15) is 0 Å². The van der Waals surface area contributed by atoms with Crippen molar-refractivity contribution >= 4 is 21.8 Å². The molecule has 2 aliphatic rings. The van der Waals surface area contributed by atoms with Gasteiger partial charge in [0.25, 0.3) is 0 Å². The molecule has 2 amide bonds. The molecule has 0 radical (unpaired) electrons. The Morgan fingerprint density at radius 3 is 2.27 bits per heavy atom. The fourth-order valence-electron chi connectivity index (χ4n) is 4.32. The molecular formula is C23H26N2O4S. The molecule has 1 aliphatic heterocycles.